The SMILES string of the molecule is Cc1ccc(S(=O)(=O)O)cc1.Cn1nc(-c2ccc(-c3cn4c(n3)CCC(CNC(=O)CC3CCS(=O)(=O)C3)C4)cc2)cc1C(F)(F)F. The zero-order valence-corrected chi connectivity index (χ0v) is 27.9. The molecule has 1 fully saturated rings. The van der Waals surface area contributed by atoms with Crippen molar-refractivity contribution in [3.05, 3.63) is 77.9 Å². The molecule has 2 aromatic carbocycles. The molecule has 0 saturated carbocycles. The number of imidazole rings is 1. The molecule has 2 aliphatic heterocycles. The van der Waals surface area contributed by atoms with Gasteiger partial charge < -0.3 is 9.88 Å². The Balaban J connectivity index is 0.000000349. The van der Waals surface area contributed by atoms with Gasteiger partial charge in [-0.25, -0.2) is 13.4 Å². The minimum atomic E-state index is -4.46. The summed E-state index contributed by atoms with van der Waals surface area (Å²) >= 11 is 0. The molecule has 258 valence electrons. The standard InChI is InChI=1S/C25H28F3N5O3S.C7H8O3S/c1-32-22(25(26,27)28)11-20(31-32)18-3-5-19(6-4-18)21-14-33-13-17(2-7-23(33)30-21)12-29-24(34)10-16-8-9-37(35,36)15-16;1-6-2-4-7(5-3-6)11(8,9)10/h3-6,11,14,16-17H,2,7-10,12-13,15H2,1H3,(H,29,34);2-5H,1H3,(H,8,9,10). The number of hydrogen-bond acceptors (Lipinski definition) is 7. The zero-order chi connectivity index (χ0) is 34.9. The van der Waals surface area contributed by atoms with Crippen molar-refractivity contribution in [3.8, 4) is 22.5 Å². The molecule has 16 heteroatoms. The molecule has 6 rings (SSSR count). The van der Waals surface area contributed by atoms with Crippen LogP contribution in [0, 0.1) is 18.8 Å². The lowest BCUT2D eigenvalue weighted by molar-refractivity contribution is -0.143. The third-order valence-corrected chi connectivity index (χ3v) is 11.1. The van der Waals surface area contributed by atoms with E-state index in [1.807, 2.05) is 25.3 Å². The fourth-order valence-corrected chi connectivity index (χ4v) is 8.18. The first-order valence-electron chi connectivity index (χ1n) is 15.3. The number of carbonyl (C=O) groups is 1. The first-order valence-corrected chi connectivity index (χ1v) is 18.5. The molecule has 0 radical (unpaired) electrons. The lowest BCUT2D eigenvalue weighted by Gasteiger charge is -2.24. The molecule has 1 amide bonds. The molecular weight excluding hydrogens is 672 g/mol. The number of alkyl halides is 3. The zero-order valence-electron chi connectivity index (χ0n) is 26.3. The molecule has 1 saturated heterocycles. The third-order valence-electron chi connectivity index (χ3n) is 8.44. The molecule has 2 atom stereocenters. The highest BCUT2D eigenvalue weighted by Crippen LogP contribution is 2.33. The summed E-state index contributed by atoms with van der Waals surface area (Å²) in [6, 6.07) is 14.2. The maximum Gasteiger partial charge on any atom is 0.433 e. The van der Waals surface area contributed by atoms with Gasteiger partial charge in [-0.3, -0.25) is 14.0 Å². The number of fused-ring (bicyclic) bond motifs is 1. The van der Waals surface area contributed by atoms with Crippen molar-refractivity contribution >= 4 is 25.9 Å². The van der Waals surface area contributed by atoms with Crippen molar-refractivity contribution in [2.24, 2.45) is 18.9 Å². The Morgan fingerprint density at radius 3 is 2.23 bits per heavy atom. The Labute approximate surface area is 276 Å². The summed E-state index contributed by atoms with van der Waals surface area (Å²) in [5, 5.41) is 6.96. The number of aryl methyl sites for hydroxylation is 3. The van der Waals surface area contributed by atoms with Crippen LogP contribution in [0.5, 0.6) is 0 Å². The van der Waals surface area contributed by atoms with E-state index in [9.17, 15) is 34.8 Å². The number of nitrogens with one attached hydrogen (secondary N) is 1. The van der Waals surface area contributed by atoms with E-state index in [0.29, 0.717) is 25.1 Å². The molecule has 48 heavy (non-hydrogen) atoms. The van der Waals surface area contributed by atoms with Crippen molar-refractivity contribution in [1.82, 2.24) is 24.6 Å². The number of halogens is 3. The van der Waals surface area contributed by atoms with Gasteiger partial charge >= 0.3 is 6.18 Å². The highest BCUT2D eigenvalue weighted by Gasteiger charge is 2.35. The number of carbonyl (C=O) groups excluding carboxylic acids is 1. The van der Waals surface area contributed by atoms with Crippen molar-refractivity contribution in [3.63, 3.8) is 0 Å². The molecular formula is C32H36F3N5O6S2. The van der Waals surface area contributed by atoms with Gasteiger partial charge in [-0.2, -0.15) is 26.7 Å². The Hall–Kier alpha value is -4.02. The van der Waals surface area contributed by atoms with Crippen LogP contribution in [0.1, 0.15) is 36.3 Å². The molecule has 2 N–H and O–H groups in total. The first kappa shape index (κ1) is 35.3. The number of rotatable bonds is 7. The average molecular weight is 708 g/mol. The Morgan fingerprint density at radius 2 is 1.67 bits per heavy atom. The normalized spacial score (nSPS) is 18.9. The molecule has 4 aromatic rings. The van der Waals surface area contributed by atoms with Crippen LogP contribution in [-0.4, -0.2) is 64.7 Å². The van der Waals surface area contributed by atoms with Crippen LogP contribution in [0.3, 0.4) is 0 Å². The molecule has 2 unspecified atom stereocenters. The minimum Gasteiger partial charge on any atom is -0.356 e. The molecule has 2 aromatic heterocycles. The minimum absolute atomic E-state index is 0.0666. The first-order chi connectivity index (χ1) is 22.5. The predicted octanol–water partition coefficient (Wildman–Crippen LogP) is 4.71. The highest BCUT2D eigenvalue weighted by molar-refractivity contribution is 7.91. The van der Waals surface area contributed by atoms with E-state index in [1.165, 1.54) is 19.2 Å². The largest absolute Gasteiger partial charge is 0.433 e. The molecule has 2 aliphatic rings. The van der Waals surface area contributed by atoms with Crippen LogP contribution < -0.4 is 5.32 Å². The monoisotopic (exact) mass is 707 g/mol. The van der Waals surface area contributed by atoms with Crippen LogP contribution in [0.4, 0.5) is 13.2 Å². The van der Waals surface area contributed by atoms with Gasteiger partial charge in [0, 0.05) is 50.3 Å². The van der Waals surface area contributed by atoms with E-state index in [1.54, 1.807) is 24.3 Å². The number of sulfone groups is 1. The van der Waals surface area contributed by atoms with Crippen LogP contribution in [0.2, 0.25) is 0 Å². The average Bonchev–Trinajstić information content (AvgIpc) is 3.71. The van der Waals surface area contributed by atoms with Crippen molar-refractivity contribution < 1.29 is 39.4 Å². The Kier molecular flexibility index (Phi) is 10.2. The van der Waals surface area contributed by atoms with Gasteiger partial charge in [0.15, 0.2) is 9.84 Å². The van der Waals surface area contributed by atoms with E-state index in [0.717, 1.165) is 46.2 Å². The van der Waals surface area contributed by atoms with Crippen LogP contribution in [0.15, 0.2) is 65.7 Å². The van der Waals surface area contributed by atoms with E-state index < -0.39 is 31.8 Å². The van der Waals surface area contributed by atoms with E-state index in [2.05, 4.69) is 15.0 Å². The lowest BCUT2D eigenvalue weighted by Crippen LogP contribution is -2.34. The van der Waals surface area contributed by atoms with Gasteiger partial charge in [-0.15, -0.1) is 0 Å². The molecule has 11 nitrogen and oxygen atoms in total. The number of hydrogen-bond donors (Lipinski definition) is 2. The number of aromatic nitrogens is 4. The maximum atomic E-state index is 13.1. The second-order valence-electron chi connectivity index (χ2n) is 12.3. The van der Waals surface area contributed by atoms with E-state index >= 15 is 0 Å². The van der Waals surface area contributed by atoms with Crippen molar-refractivity contribution in [2.45, 2.75) is 50.2 Å². The molecule has 0 aliphatic carbocycles. The number of nitrogens with zero attached hydrogens (tertiary/aromatic N) is 4. The highest BCUT2D eigenvalue weighted by atomic mass is 32.2. The van der Waals surface area contributed by atoms with Gasteiger partial charge in [0.1, 0.15) is 11.5 Å². The Bertz CT molecular complexity index is 1990. The predicted molar refractivity (Wildman–Crippen MR) is 172 cm³/mol. The van der Waals surface area contributed by atoms with Crippen LogP contribution in [0.25, 0.3) is 22.5 Å². The lowest BCUT2D eigenvalue weighted by atomic mass is 9.99. The second-order valence-corrected chi connectivity index (χ2v) is 15.9. The maximum absolute atomic E-state index is 13.1. The molecule has 0 bridgehead atoms. The summed E-state index contributed by atoms with van der Waals surface area (Å²) in [5.74, 6) is 1.29. The van der Waals surface area contributed by atoms with Crippen LogP contribution >= 0.6 is 0 Å². The third kappa shape index (κ3) is 8.90. The number of benzene rings is 2. The summed E-state index contributed by atoms with van der Waals surface area (Å²) < 4.78 is 94.9. The van der Waals surface area contributed by atoms with Gasteiger partial charge in [-0.1, -0.05) is 42.0 Å². The summed E-state index contributed by atoms with van der Waals surface area (Å²) in [6.45, 7) is 3.09. The van der Waals surface area contributed by atoms with Crippen LogP contribution in [-0.2, 0) is 50.9 Å². The fourth-order valence-electron chi connectivity index (χ4n) is 5.84. The van der Waals surface area contributed by atoms with Gasteiger partial charge in [0.25, 0.3) is 10.1 Å². The second kappa shape index (κ2) is 13.8. The van der Waals surface area contributed by atoms with E-state index in [-0.39, 0.29) is 46.3 Å². The van der Waals surface area contributed by atoms with E-state index in [4.69, 9.17) is 9.54 Å². The fraction of sp³-hybridized carbons (Fsp3) is 0.406. The summed E-state index contributed by atoms with van der Waals surface area (Å²) in [6.07, 6.45) is -0.0436. The molecule has 0 spiro atoms. The van der Waals surface area contributed by atoms with Gasteiger partial charge in [0.05, 0.1) is 27.8 Å². The van der Waals surface area contributed by atoms with Crippen molar-refractivity contribution in [1.29, 1.82) is 0 Å². The van der Waals surface area contributed by atoms with Gasteiger partial charge in [0.2, 0.25) is 5.91 Å². The van der Waals surface area contributed by atoms with Crippen molar-refractivity contribution in [2.75, 3.05) is 18.1 Å². The summed E-state index contributed by atoms with van der Waals surface area (Å²) in [7, 11) is -5.73. The molecule has 4 heterocycles. The quantitative estimate of drug-likeness (QED) is 0.262. The summed E-state index contributed by atoms with van der Waals surface area (Å²) in [5.41, 5.74) is 2.64. The smallest absolute Gasteiger partial charge is 0.356 e. The topological polar surface area (TPSA) is 153 Å². The Morgan fingerprint density at radius 1 is 1.02 bits per heavy atom. The van der Waals surface area contributed by atoms with Gasteiger partial charge in [-0.05, 0) is 49.8 Å². The number of amides is 1. The summed E-state index contributed by atoms with van der Waals surface area (Å²) in [4.78, 5) is 17.0.